The lowest BCUT2D eigenvalue weighted by Crippen LogP contribution is -1.97. The smallest absolute Gasteiger partial charge is 0.294 e. The molecular formula is C12H8N4O3S. The number of aromatic nitrogens is 3. The molecule has 8 heteroatoms. The third kappa shape index (κ3) is 1.86. The molecule has 0 N–H and O–H groups in total. The van der Waals surface area contributed by atoms with Crippen molar-refractivity contribution in [1.29, 1.82) is 0 Å². The zero-order valence-corrected chi connectivity index (χ0v) is 11.1. The largest absolute Gasteiger partial charge is 0.306 e. The number of hydrogen-bond acceptors (Lipinski definition) is 6. The number of ketones is 1. The van der Waals surface area contributed by atoms with Crippen LogP contribution < -0.4 is 0 Å². The van der Waals surface area contributed by atoms with Gasteiger partial charge in [0.2, 0.25) is 0 Å². The van der Waals surface area contributed by atoms with Crippen molar-refractivity contribution in [3.05, 3.63) is 45.3 Å². The molecule has 2 aromatic heterocycles. The van der Waals surface area contributed by atoms with Gasteiger partial charge in [-0.25, -0.2) is 0 Å². The molecule has 0 unspecified atom stereocenters. The molecule has 2 heterocycles. The van der Waals surface area contributed by atoms with E-state index in [0.29, 0.717) is 15.9 Å². The predicted molar refractivity (Wildman–Crippen MR) is 73.4 cm³/mol. The SMILES string of the molecule is CC(=O)c1cc([N+](=O)[O-])c(-n2nnc3ccccc32)s1. The number of para-hydroxylation sites is 1. The maximum Gasteiger partial charge on any atom is 0.306 e. The van der Waals surface area contributed by atoms with Crippen molar-refractivity contribution in [2.75, 3.05) is 0 Å². The van der Waals surface area contributed by atoms with Crippen molar-refractivity contribution in [2.24, 2.45) is 0 Å². The zero-order valence-electron chi connectivity index (χ0n) is 10.3. The third-order valence-corrected chi connectivity index (χ3v) is 3.98. The van der Waals surface area contributed by atoms with Gasteiger partial charge in [0.15, 0.2) is 10.8 Å². The molecule has 0 saturated heterocycles. The maximum atomic E-state index is 11.4. The summed E-state index contributed by atoms with van der Waals surface area (Å²) < 4.78 is 1.39. The summed E-state index contributed by atoms with van der Waals surface area (Å²) in [4.78, 5) is 22.3. The van der Waals surface area contributed by atoms with Crippen LogP contribution in [0.1, 0.15) is 16.6 Å². The van der Waals surface area contributed by atoms with Gasteiger partial charge in [-0.15, -0.1) is 16.4 Å². The molecular weight excluding hydrogens is 280 g/mol. The molecule has 0 aliphatic carbocycles. The number of fused-ring (bicyclic) bond motifs is 1. The van der Waals surface area contributed by atoms with Crippen LogP contribution in [0.5, 0.6) is 0 Å². The van der Waals surface area contributed by atoms with Crippen LogP contribution in [0.25, 0.3) is 16.0 Å². The van der Waals surface area contributed by atoms with Gasteiger partial charge in [0, 0.05) is 6.07 Å². The molecule has 0 atom stereocenters. The molecule has 7 nitrogen and oxygen atoms in total. The Labute approximate surface area is 116 Å². The fraction of sp³-hybridized carbons (Fsp3) is 0.0833. The maximum absolute atomic E-state index is 11.4. The number of carbonyl (C=O) groups excluding carboxylic acids is 1. The first-order valence-corrected chi connectivity index (χ1v) is 6.49. The Balaban J connectivity index is 2.28. The van der Waals surface area contributed by atoms with E-state index in [1.807, 2.05) is 6.07 Å². The lowest BCUT2D eigenvalue weighted by molar-refractivity contribution is -0.384. The van der Waals surface area contributed by atoms with Crippen molar-refractivity contribution in [1.82, 2.24) is 15.0 Å². The van der Waals surface area contributed by atoms with E-state index in [2.05, 4.69) is 10.3 Å². The number of nitrogens with zero attached hydrogens (tertiary/aromatic N) is 4. The number of rotatable bonds is 3. The molecule has 0 radical (unpaired) electrons. The Morgan fingerprint density at radius 1 is 1.40 bits per heavy atom. The van der Waals surface area contributed by atoms with Gasteiger partial charge in [-0.2, -0.15) is 4.68 Å². The van der Waals surface area contributed by atoms with Gasteiger partial charge >= 0.3 is 5.69 Å². The van der Waals surface area contributed by atoms with E-state index in [0.717, 1.165) is 11.3 Å². The highest BCUT2D eigenvalue weighted by Crippen LogP contribution is 2.34. The fourth-order valence-electron chi connectivity index (χ4n) is 1.85. The molecule has 0 spiro atoms. The van der Waals surface area contributed by atoms with E-state index >= 15 is 0 Å². The van der Waals surface area contributed by atoms with Crippen molar-refractivity contribution < 1.29 is 9.72 Å². The van der Waals surface area contributed by atoms with Crippen LogP contribution in [0.15, 0.2) is 30.3 Å². The minimum Gasteiger partial charge on any atom is -0.294 e. The quantitative estimate of drug-likeness (QED) is 0.419. The lowest BCUT2D eigenvalue weighted by atomic mass is 10.3. The van der Waals surface area contributed by atoms with Crippen molar-refractivity contribution in [2.45, 2.75) is 6.92 Å². The molecule has 1 aromatic carbocycles. The second-order valence-corrected chi connectivity index (χ2v) is 5.13. The van der Waals surface area contributed by atoms with Crippen LogP contribution in [0.4, 0.5) is 5.69 Å². The number of nitro groups is 1. The van der Waals surface area contributed by atoms with Gasteiger partial charge in [-0.3, -0.25) is 14.9 Å². The summed E-state index contributed by atoms with van der Waals surface area (Å²) in [5.74, 6) is -0.214. The summed E-state index contributed by atoms with van der Waals surface area (Å²) in [6, 6.07) is 8.42. The molecule has 0 aliphatic heterocycles. The highest BCUT2D eigenvalue weighted by Gasteiger charge is 2.24. The molecule has 100 valence electrons. The predicted octanol–water partition coefficient (Wildman–Crippen LogP) is 2.59. The number of benzene rings is 1. The molecule has 0 saturated carbocycles. The zero-order chi connectivity index (χ0) is 14.3. The molecule has 3 rings (SSSR count). The summed E-state index contributed by atoms with van der Waals surface area (Å²) in [5.41, 5.74) is 1.16. The average Bonchev–Trinajstić information content (AvgIpc) is 3.02. The molecule has 0 aliphatic rings. The number of carbonyl (C=O) groups is 1. The monoisotopic (exact) mass is 288 g/mol. The molecule has 0 bridgehead atoms. The first kappa shape index (κ1) is 12.4. The summed E-state index contributed by atoms with van der Waals surface area (Å²) in [7, 11) is 0. The Kier molecular flexibility index (Phi) is 2.79. The topological polar surface area (TPSA) is 90.9 Å². The van der Waals surface area contributed by atoms with E-state index in [4.69, 9.17) is 0 Å². The van der Waals surface area contributed by atoms with E-state index in [1.54, 1.807) is 18.2 Å². The van der Waals surface area contributed by atoms with Crippen LogP contribution in [0.3, 0.4) is 0 Å². The molecule has 0 fully saturated rings. The van der Waals surface area contributed by atoms with E-state index in [9.17, 15) is 14.9 Å². The van der Waals surface area contributed by atoms with E-state index in [-0.39, 0.29) is 16.5 Å². The standard InChI is InChI=1S/C12H8N4O3S/c1-7(17)11-6-10(16(18)19)12(20-11)15-9-5-3-2-4-8(9)13-14-15/h2-6H,1H3. The van der Waals surface area contributed by atoms with Crippen molar-refractivity contribution in [3.8, 4) is 5.00 Å². The Morgan fingerprint density at radius 2 is 2.15 bits per heavy atom. The van der Waals surface area contributed by atoms with Gasteiger partial charge in [0.25, 0.3) is 0 Å². The van der Waals surface area contributed by atoms with Crippen LogP contribution in [-0.2, 0) is 0 Å². The van der Waals surface area contributed by atoms with Crippen LogP contribution >= 0.6 is 11.3 Å². The van der Waals surface area contributed by atoms with Gasteiger partial charge < -0.3 is 0 Å². The highest BCUT2D eigenvalue weighted by atomic mass is 32.1. The normalized spacial score (nSPS) is 10.8. The highest BCUT2D eigenvalue weighted by molar-refractivity contribution is 7.17. The van der Waals surface area contributed by atoms with Gasteiger partial charge in [0.1, 0.15) is 5.52 Å². The van der Waals surface area contributed by atoms with Crippen molar-refractivity contribution >= 4 is 33.8 Å². The fourth-order valence-corrected chi connectivity index (χ4v) is 2.83. The van der Waals surface area contributed by atoms with Crippen molar-refractivity contribution in [3.63, 3.8) is 0 Å². The Morgan fingerprint density at radius 3 is 2.85 bits per heavy atom. The first-order valence-electron chi connectivity index (χ1n) is 5.68. The molecule has 0 amide bonds. The van der Waals surface area contributed by atoms with Gasteiger partial charge in [-0.1, -0.05) is 17.3 Å². The number of Topliss-reactive ketones (excluding diaryl/α,β-unsaturated/α-hetero) is 1. The third-order valence-electron chi connectivity index (χ3n) is 2.78. The Bertz CT molecular complexity index is 836. The minimum absolute atomic E-state index is 0.143. The first-order chi connectivity index (χ1) is 9.58. The molecule has 20 heavy (non-hydrogen) atoms. The summed E-state index contributed by atoms with van der Waals surface area (Å²) in [5, 5.41) is 19.3. The number of thiophene rings is 1. The number of hydrogen-bond donors (Lipinski definition) is 0. The molecule has 3 aromatic rings. The summed E-state index contributed by atoms with van der Waals surface area (Å²) in [6.07, 6.45) is 0. The lowest BCUT2D eigenvalue weighted by Gasteiger charge is -1.97. The van der Waals surface area contributed by atoms with E-state index in [1.165, 1.54) is 17.7 Å². The Hall–Kier alpha value is -2.61. The summed E-state index contributed by atoms with van der Waals surface area (Å²) >= 11 is 1.04. The van der Waals surface area contributed by atoms with Gasteiger partial charge in [-0.05, 0) is 19.1 Å². The van der Waals surface area contributed by atoms with Gasteiger partial charge in [0.05, 0.1) is 15.3 Å². The van der Waals surface area contributed by atoms with E-state index < -0.39 is 4.92 Å². The van der Waals surface area contributed by atoms with Crippen LogP contribution in [0.2, 0.25) is 0 Å². The summed E-state index contributed by atoms with van der Waals surface area (Å²) in [6.45, 7) is 1.37. The van der Waals surface area contributed by atoms with Crippen LogP contribution in [-0.4, -0.2) is 25.7 Å². The van der Waals surface area contributed by atoms with Crippen LogP contribution in [0, 0.1) is 10.1 Å². The minimum atomic E-state index is -0.519. The second-order valence-electron chi connectivity index (χ2n) is 4.10. The second kappa shape index (κ2) is 4.49. The average molecular weight is 288 g/mol.